The van der Waals surface area contributed by atoms with E-state index in [1.54, 1.807) is 13.2 Å². The van der Waals surface area contributed by atoms with Crippen molar-refractivity contribution < 1.29 is 4.74 Å². The maximum atomic E-state index is 5.87. The number of ether oxygens (including phenoxy) is 1. The number of aromatic nitrogens is 2. The van der Waals surface area contributed by atoms with Crippen molar-refractivity contribution in [1.29, 1.82) is 0 Å². The molecule has 1 aromatic heterocycles. The highest BCUT2D eigenvalue weighted by molar-refractivity contribution is 6.41. The Bertz CT molecular complexity index is 514. The van der Waals surface area contributed by atoms with Gasteiger partial charge in [-0.2, -0.15) is 5.10 Å². The van der Waals surface area contributed by atoms with E-state index in [2.05, 4.69) is 10.2 Å². The molecule has 0 unspecified atom stereocenters. The molecule has 0 N–H and O–H groups in total. The number of hydrogen-bond acceptors (Lipinski definition) is 3. The molecule has 2 rings (SSSR count). The largest absolute Gasteiger partial charge is 0.497 e. The van der Waals surface area contributed by atoms with Crippen LogP contribution >= 0.6 is 23.2 Å². The molecular weight excluding hydrogens is 259 g/mol. The fourth-order valence-corrected chi connectivity index (χ4v) is 1.69. The third-order valence-electron chi connectivity index (χ3n) is 2.30. The molecule has 0 aliphatic carbocycles. The van der Waals surface area contributed by atoms with Crippen LogP contribution < -0.4 is 4.74 Å². The third kappa shape index (κ3) is 3.08. The zero-order valence-corrected chi connectivity index (χ0v) is 10.7. The van der Waals surface area contributed by atoms with Gasteiger partial charge in [-0.05, 0) is 23.8 Å². The summed E-state index contributed by atoms with van der Waals surface area (Å²) in [5.74, 6) is 0.828. The van der Waals surface area contributed by atoms with Crippen molar-refractivity contribution in [1.82, 2.24) is 10.2 Å². The van der Waals surface area contributed by atoms with Gasteiger partial charge in [0.15, 0.2) is 5.15 Å². The van der Waals surface area contributed by atoms with Crippen molar-refractivity contribution in [3.63, 3.8) is 0 Å². The Labute approximate surface area is 109 Å². The van der Waals surface area contributed by atoms with E-state index < -0.39 is 0 Å². The number of methoxy groups -OCH3 is 1. The monoisotopic (exact) mass is 268 g/mol. The van der Waals surface area contributed by atoms with E-state index >= 15 is 0 Å². The Morgan fingerprint density at radius 3 is 2.41 bits per heavy atom. The van der Waals surface area contributed by atoms with E-state index in [0.717, 1.165) is 17.0 Å². The van der Waals surface area contributed by atoms with Crippen molar-refractivity contribution in [3.05, 3.63) is 51.8 Å². The first-order valence-electron chi connectivity index (χ1n) is 4.99. The van der Waals surface area contributed by atoms with E-state index in [9.17, 15) is 0 Å². The van der Waals surface area contributed by atoms with Crippen LogP contribution in [0.3, 0.4) is 0 Å². The van der Waals surface area contributed by atoms with Gasteiger partial charge in [-0.3, -0.25) is 0 Å². The second-order valence-electron chi connectivity index (χ2n) is 3.50. The molecule has 0 fully saturated rings. The minimum Gasteiger partial charge on any atom is -0.497 e. The second-order valence-corrected chi connectivity index (χ2v) is 4.26. The zero-order chi connectivity index (χ0) is 12.3. The van der Waals surface area contributed by atoms with Crippen molar-refractivity contribution in [2.45, 2.75) is 6.42 Å². The standard InChI is InChI=1S/C12H10Cl2N2O/c1-17-10-4-2-8(3-5-10)6-9-7-11(13)12(14)16-15-9/h2-5,7H,6H2,1H3. The highest BCUT2D eigenvalue weighted by Gasteiger charge is 2.04. The lowest BCUT2D eigenvalue weighted by molar-refractivity contribution is 0.414. The Balaban J connectivity index is 2.16. The van der Waals surface area contributed by atoms with Gasteiger partial charge in [0.1, 0.15) is 5.75 Å². The fraction of sp³-hybridized carbons (Fsp3) is 0.167. The predicted molar refractivity (Wildman–Crippen MR) is 67.9 cm³/mol. The topological polar surface area (TPSA) is 35.0 Å². The molecule has 5 heteroatoms. The molecule has 1 heterocycles. The predicted octanol–water partition coefficient (Wildman–Crippen LogP) is 3.38. The normalized spacial score (nSPS) is 10.3. The van der Waals surface area contributed by atoms with Crippen LogP contribution in [0.25, 0.3) is 0 Å². The first kappa shape index (κ1) is 12.1. The van der Waals surface area contributed by atoms with E-state index in [4.69, 9.17) is 27.9 Å². The quantitative estimate of drug-likeness (QED) is 0.856. The summed E-state index contributed by atoms with van der Waals surface area (Å²) in [5.41, 5.74) is 1.89. The molecule has 0 saturated heterocycles. The average Bonchev–Trinajstić information content (AvgIpc) is 2.35. The van der Waals surface area contributed by atoms with Crippen LogP contribution in [0.4, 0.5) is 0 Å². The molecule has 0 amide bonds. The summed E-state index contributed by atoms with van der Waals surface area (Å²) in [4.78, 5) is 0. The number of benzene rings is 1. The first-order chi connectivity index (χ1) is 8.19. The minimum atomic E-state index is 0.227. The number of halogens is 2. The molecule has 3 nitrogen and oxygen atoms in total. The van der Waals surface area contributed by atoms with Crippen LogP contribution in [0, 0.1) is 0 Å². The Kier molecular flexibility index (Phi) is 3.82. The molecular formula is C12H10Cl2N2O. The van der Waals surface area contributed by atoms with Crippen molar-refractivity contribution >= 4 is 23.2 Å². The maximum Gasteiger partial charge on any atom is 0.170 e. The average molecular weight is 269 g/mol. The molecule has 0 aliphatic rings. The van der Waals surface area contributed by atoms with Gasteiger partial charge in [0.2, 0.25) is 0 Å². The zero-order valence-electron chi connectivity index (χ0n) is 9.15. The lowest BCUT2D eigenvalue weighted by Crippen LogP contribution is -1.95. The number of hydrogen-bond donors (Lipinski definition) is 0. The van der Waals surface area contributed by atoms with E-state index in [1.165, 1.54) is 0 Å². The van der Waals surface area contributed by atoms with Gasteiger partial charge in [-0.25, -0.2) is 0 Å². The van der Waals surface area contributed by atoms with Crippen LogP contribution in [-0.4, -0.2) is 17.3 Å². The summed E-state index contributed by atoms with van der Waals surface area (Å²) in [5, 5.41) is 8.40. The van der Waals surface area contributed by atoms with Crippen LogP contribution in [-0.2, 0) is 6.42 Å². The van der Waals surface area contributed by atoms with E-state index in [1.807, 2.05) is 24.3 Å². The van der Waals surface area contributed by atoms with Crippen molar-refractivity contribution in [2.75, 3.05) is 7.11 Å². The summed E-state index contributed by atoms with van der Waals surface area (Å²) in [6.45, 7) is 0. The molecule has 0 radical (unpaired) electrons. The molecule has 2 aromatic rings. The molecule has 17 heavy (non-hydrogen) atoms. The van der Waals surface area contributed by atoms with Crippen LogP contribution in [0.5, 0.6) is 5.75 Å². The molecule has 88 valence electrons. The van der Waals surface area contributed by atoms with Crippen molar-refractivity contribution in [3.8, 4) is 5.75 Å². The van der Waals surface area contributed by atoms with Gasteiger partial charge >= 0.3 is 0 Å². The molecule has 0 bridgehead atoms. The van der Waals surface area contributed by atoms with E-state index in [0.29, 0.717) is 11.4 Å². The fourth-order valence-electron chi connectivity index (χ4n) is 1.43. The van der Waals surface area contributed by atoms with Gasteiger partial charge in [-0.15, -0.1) is 5.10 Å². The second kappa shape index (κ2) is 5.34. The SMILES string of the molecule is COc1ccc(Cc2cc(Cl)c(Cl)nn2)cc1. The lowest BCUT2D eigenvalue weighted by atomic mass is 10.1. The van der Waals surface area contributed by atoms with Crippen LogP contribution in [0.2, 0.25) is 10.2 Å². The van der Waals surface area contributed by atoms with E-state index in [-0.39, 0.29) is 5.15 Å². The Morgan fingerprint density at radius 1 is 1.12 bits per heavy atom. The highest BCUT2D eigenvalue weighted by atomic mass is 35.5. The smallest absolute Gasteiger partial charge is 0.170 e. The van der Waals surface area contributed by atoms with Gasteiger partial charge in [-0.1, -0.05) is 35.3 Å². The van der Waals surface area contributed by atoms with Crippen molar-refractivity contribution in [2.24, 2.45) is 0 Å². The summed E-state index contributed by atoms with van der Waals surface area (Å²) < 4.78 is 5.09. The molecule has 0 aliphatic heterocycles. The molecule has 0 saturated carbocycles. The van der Waals surface area contributed by atoms with Gasteiger partial charge in [0.05, 0.1) is 17.8 Å². The number of rotatable bonds is 3. The summed E-state index contributed by atoms with van der Waals surface area (Å²) in [6, 6.07) is 9.48. The minimum absolute atomic E-state index is 0.227. The van der Waals surface area contributed by atoms with Crippen LogP contribution in [0.15, 0.2) is 30.3 Å². The molecule has 1 aromatic carbocycles. The first-order valence-corrected chi connectivity index (χ1v) is 5.75. The summed E-state index contributed by atoms with van der Waals surface area (Å²) in [7, 11) is 1.64. The Hall–Kier alpha value is -1.32. The molecule has 0 atom stereocenters. The highest BCUT2D eigenvalue weighted by Crippen LogP contribution is 2.20. The Morgan fingerprint density at radius 2 is 1.82 bits per heavy atom. The third-order valence-corrected chi connectivity index (χ3v) is 2.96. The number of nitrogens with zero attached hydrogens (tertiary/aromatic N) is 2. The summed E-state index contributed by atoms with van der Waals surface area (Å²) in [6.07, 6.45) is 0.661. The maximum absolute atomic E-state index is 5.87. The van der Waals surface area contributed by atoms with Gasteiger partial charge < -0.3 is 4.74 Å². The molecule has 0 spiro atoms. The van der Waals surface area contributed by atoms with Crippen LogP contribution in [0.1, 0.15) is 11.3 Å². The summed E-state index contributed by atoms with van der Waals surface area (Å²) >= 11 is 11.6. The van der Waals surface area contributed by atoms with Gasteiger partial charge in [0, 0.05) is 6.42 Å². The van der Waals surface area contributed by atoms with Gasteiger partial charge in [0.25, 0.3) is 0 Å². The lowest BCUT2D eigenvalue weighted by Gasteiger charge is -2.03.